The number of carbonyl (C=O) groups is 1. The molecule has 26 heavy (non-hydrogen) atoms. The number of nitriles is 1. The van der Waals surface area contributed by atoms with Gasteiger partial charge in [-0.3, -0.25) is 0 Å². The van der Waals surface area contributed by atoms with Gasteiger partial charge in [-0.05, 0) is 24.0 Å². The Kier molecular flexibility index (Phi) is 6.26. The van der Waals surface area contributed by atoms with E-state index in [0.29, 0.717) is 28.2 Å². The smallest absolute Gasteiger partial charge is 0.353 e. The van der Waals surface area contributed by atoms with Gasteiger partial charge in [0.15, 0.2) is 5.82 Å². The van der Waals surface area contributed by atoms with E-state index in [1.165, 1.54) is 22.5 Å². The molecule has 1 N–H and O–H groups in total. The van der Waals surface area contributed by atoms with Crippen molar-refractivity contribution in [2.24, 2.45) is 7.05 Å². The predicted octanol–water partition coefficient (Wildman–Crippen LogP) is 4.51. The first-order valence-electron chi connectivity index (χ1n) is 8.16. The van der Waals surface area contributed by atoms with Crippen molar-refractivity contribution in [3.63, 3.8) is 0 Å². The fraction of sp³-hybridized carbons (Fsp3) is 0.263. The number of nitrogens with zero attached hydrogens (tertiary/aromatic N) is 4. The summed E-state index contributed by atoms with van der Waals surface area (Å²) in [5.74, 6) is -0.429. The van der Waals surface area contributed by atoms with Crippen molar-refractivity contribution in [2.45, 2.75) is 27.2 Å². The number of benzene rings is 1. The molecule has 0 spiro atoms. The van der Waals surface area contributed by atoms with Gasteiger partial charge in [-0.25, -0.2) is 9.78 Å². The standard InChI is InChI=1S/C16H12N4O2S.C3H8/c1-9-12(7-17)13(14(16(21)22)20(9)2)10-3-5-11(6-4-10)15-18-8-23-19-15;1-3-2/h3-6,8H,1-2H3,(H,21,22);3H2,1-2H3. The zero-order valence-electron chi connectivity index (χ0n) is 15.1. The molecule has 0 saturated carbocycles. The molecule has 0 radical (unpaired) electrons. The van der Waals surface area contributed by atoms with E-state index in [2.05, 4.69) is 29.3 Å². The fourth-order valence-corrected chi connectivity index (χ4v) is 3.00. The maximum absolute atomic E-state index is 11.6. The molecule has 0 amide bonds. The lowest BCUT2D eigenvalue weighted by atomic mass is 9.99. The fourth-order valence-electron chi connectivity index (χ4n) is 2.55. The molecule has 0 aliphatic rings. The summed E-state index contributed by atoms with van der Waals surface area (Å²) >= 11 is 1.27. The first kappa shape index (κ1) is 19.3. The quantitative estimate of drug-likeness (QED) is 0.734. The van der Waals surface area contributed by atoms with Crippen molar-refractivity contribution < 1.29 is 9.90 Å². The molecule has 2 heterocycles. The van der Waals surface area contributed by atoms with E-state index in [0.717, 1.165) is 5.56 Å². The minimum absolute atomic E-state index is 0.110. The molecule has 0 atom stereocenters. The molecule has 7 heteroatoms. The van der Waals surface area contributed by atoms with Gasteiger partial charge in [-0.1, -0.05) is 44.5 Å². The maximum atomic E-state index is 11.6. The number of aromatic carboxylic acids is 1. The van der Waals surface area contributed by atoms with Crippen LogP contribution in [0.2, 0.25) is 0 Å². The molecule has 3 aromatic rings. The van der Waals surface area contributed by atoms with Gasteiger partial charge in [0.25, 0.3) is 0 Å². The van der Waals surface area contributed by atoms with E-state index in [-0.39, 0.29) is 5.69 Å². The number of carboxylic acids is 1. The minimum atomic E-state index is -1.06. The van der Waals surface area contributed by atoms with Gasteiger partial charge in [0.05, 0.1) is 5.56 Å². The highest BCUT2D eigenvalue weighted by atomic mass is 32.1. The molecule has 2 aromatic heterocycles. The molecular weight excluding hydrogens is 348 g/mol. The van der Waals surface area contributed by atoms with Gasteiger partial charge >= 0.3 is 5.97 Å². The monoisotopic (exact) mass is 368 g/mol. The van der Waals surface area contributed by atoms with Crippen LogP contribution in [0.4, 0.5) is 0 Å². The lowest BCUT2D eigenvalue weighted by molar-refractivity contribution is 0.0687. The predicted molar refractivity (Wildman–Crippen MR) is 102 cm³/mol. The molecule has 0 aliphatic carbocycles. The second-order valence-electron chi connectivity index (χ2n) is 5.70. The lowest BCUT2D eigenvalue weighted by Crippen LogP contribution is -2.06. The first-order chi connectivity index (χ1) is 12.5. The summed E-state index contributed by atoms with van der Waals surface area (Å²) in [5.41, 5.74) is 4.74. The van der Waals surface area contributed by atoms with Crippen LogP contribution < -0.4 is 0 Å². The average Bonchev–Trinajstić information content (AvgIpc) is 3.23. The third kappa shape index (κ3) is 3.65. The van der Waals surface area contributed by atoms with E-state index < -0.39 is 5.97 Å². The SMILES string of the molecule is CCC.Cc1c(C#N)c(-c2ccc(-c3ncsn3)cc2)c(C(=O)O)n1C. The van der Waals surface area contributed by atoms with E-state index in [4.69, 9.17) is 0 Å². The van der Waals surface area contributed by atoms with Gasteiger partial charge in [-0.15, -0.1) is 0 Å². The van der Waals surface area contributed by atoms with Crippen molar-refractivity contribution in [3.8, 4) is 28.6 Å². The number of carboxylic acid groups (broad SMARTS) is 1. The van der Waals surface area contributed by atoms with E-state index in [1.807, 2.05) is 12.1 Å². The molecule has 0 bridgehead atoms. The summed E-state index contributed by atoms with van der Waals surface area (Å²) in [6, 6.07) is 9.35. The summed E-state index contributed by atoms with van der Waals surface area (Å²) in [6.07, 6.45) is 1.25. The Balaban J connectivity index is 0.000000758. The maximum Gasteiger partial charge on any atom is 0.353 e. The van der Waals surface area contributed by atoms with Gasteiger partial charge in [0.2, 0.25) is 0 Å². The molecule has 1 aromatic carbocycles. The first-order valence-corrected chi connectivity index (χ1v) is 8.99. The molecule has 0 aliphatic heterocycles. The third-order valence-corrected chi connectivity index (χ3v) is 4.27. The number of rotatable bonds is 3. The van der Waals surface area contributed by atoms with Crippen LogP contribution in [0.3, 0.4) is 0 Å². The highest BCUT2D eigenvalue weighted by Crippen LogP contribution is 2.33. The molecule has 0 unspecified atom stereocenters. The van der Waals surface area contributed by atoms with Crippen LogP contribution in [0.1, 0.15) is 42.0 Å². The molecule has 3 rings (SSSR count). The summed E-state index contributed by atoms with van der Waals surface area (Å²) in [5, 5.41) is 18.9. The largest absolute Gasteiger partial charge is 0.477 e. The zero-order valence-corrected chi connectivity index (χ0v) is 16.0. The van der Waals surface area contributed by atoms with E-state index in [1.54, 1.807) is 31.6 Å². The summed E-state index contributed by atoms with van der Waals surface area (Å²) in [4.78, 5) is 15.7. The molecule has 134 valence electrons. The molecule has 0 fully saturated rings. The Labute approximate surface area is 156 Å². The Morgan fingerprint density at radius 2 is 1.85 bits per heavy atom. The van der Waals surface area contributed by atoms with Crippen LogP contribution in [0.5, 0.6) is 0 Å². The topological polar surface area (TPSA) is 91.8 Å². The third-order valence-electron chi connectivity index (χ3n) is 3.79. The van der Waals surface area contributed by atoms with Crippen LogP contribution in [-0.2, 0) is 7.05 Å². The highest BCUT2D eigenvalue weighted by Gasteiger charge is 2.24. The summed E-state index contributed by atoms with van der Waals surface area (Å²) in [7, 11) is 1.65. The van der Waals surface area contributed by atoms with Crippen LogP contribution in [0, 0.1) is 18.3 Å². The van der Waals surface area contributed by atoms with Gasteiger partial charge in [0, 0.05) is 23.9 Å². The number of hydrogen-bond acceptors (Lipinski definition) is 5. The Morgan fingerprint density at radius 3 is 2.31 bits per heavy atom. The molecule has 6 nitrogen and oxygen atoms in total. The van der Waals surface area contributed by atoms with Crippen LogP contribution >= 0.6 is 11.5 Å². The van der Waals surface area contributed by atoms with Crippen LogP contribution in [0.25, 0.3) is 22.5 Å². The second-order valence-corrected chi connectivity index (χ2v) is 6.30. The van der Waals surface area contributed by atoms with Gasteiger partial charge in [0.1, 0.15) is 17.3 Å². The normalized spacial score (nSPS) is 9.96. The van der Waals surface area contributed by atoms with Crippen molar-refractivity contribution in [1.29, 1.82) is 5.26 Å². The Bertz CT molecular complexity index is 936. The molecule has 0 saturated heterocycles. The second kappa shape index (κ2) is 8.41. The molecular formula is C19H20N4O2S. The summed E-state index contributed by atoms with van der Waals surface area (Å²) in [6.45, 7) is 5.99. The van der Waals surface area contributed by atoms with Crippen molar-refractivity contribution in [3.05, 3.63) is 46.7 Å². The van der Waals surface area contributed by atoms with Crippen LogP contribution in [-0.4, -0.2) is 25.0 Å². The van der Waals surface area contributed by atoms with Crippen LogP contribution in [0.15, 0.2) is 29.8 Å². The minimum Gasteiger partial charge on any atom is -0.477 e. The number of aromatic nitrogens is 3. The Morgan fingerprint density at radius 1 is 1.27 bits per heavy atom. The average molecular weight is 368 g/mol. The van der Waals surface area contributed by atoms with Crippen molar-refractivity contribution in [1.82, 2.24) is 13.9 Å². The number of hydrogen-bond donors (Lipinski definition) is 1. The van der Waals surface area contributed by atoms with Crippen molar-refractivity contribution in [2.75, 3.05) is 0 Å². The van der Waals surface area contributed by atoms with Gasteiger partial charge in [-0.2, -0.15) is 9.64 Å². The van der Waals surface area contributed by atoms with Crippen molar-refractivity contribution >= 4 is 17.5 Å². The Hall–Kier alpha value is -2.98. The van der Waals surface area contributed by atoms with E-state index in [9.17, 15) is 15.2 Å². The lowest BCUT2D eigenvalue weighted by Gasteiger charge is -2.05. The zero-order chi connectivity index (χ0) is 19.3. The highest BCUT2D eigenvalue weighted by molar-refractivity contribution is 7.03. The van der Waals surface area contributed by atoms with Gasteiger partial charge < -0.3 is 9.67 Å². The van der Waals surface area contributed by atoms with E-state index >= 15 is 0 Å². The summed E-state index contributed by atoms with van der Waals surface area (Å²) < 4.78 is 5.70.